The molecule has 3 aromatic rings. The van der Waals surface area contributed by atoms with Gasteiger partial charge >= 0.3 is 0 Å². The van der Waals surface area contributed by atoms with Gasteiger partial charge in [-0.2, -0.15) is 0 Å². The number of para-hydroxylation sites is 1. The van der Waals surface area contributed by atoms with E-state index in [0.717, 1.165) is 0 Å². The van der Waals surface area contributed by atoms with Crippen LogP contribution in [0.5, 0.6) is 5.75 Å². The molecule has 0 unspecified atom stereocenters. The topological polar surface area (TPSA) is 125 Å². The maximum atomic E-state index is 12.3. The summed E-state index contributed by atoms with van der Waals surface area (Å²) < 4.78 is 5.24. The maximum Gasteiger partial charge on any atom is 0.269 e. The first-order chi connectivity index (χ1) is 12.6. The molecule has 130 valence electrons. The number of ether oxygens (including phenoxy) is 1. The number of benzene rings is 2. The number of nitrogens with one attached hydrogen (secondary N) is 4. The van der Waals surface area contributed by atoms with Crippen LogP contribution in [0.1, 0.15) is 10.4 Å². The van der Waals surface area contributed by atoms with Gasteiger partial charge in [0.05, 0.1) is 16.6 Å². The Kier molecular flexibility index (Phi) is 3.73. The molecule has 0 saturated carbocycles. The summed E-state index contributed by atoms with van der Waals surface area (Å²) in [5.41, 5.74) is 5.93. The summed E-state index contributed by atoms with van der Waals surface area (Å²) in [5.74, 6) is -0.152. The second-order valence-electron chi connectivity index (χ2n) is 5.56. The average molecular weight is 351 g/mol. The molecule has 1 aliphatic heterocycles. The van der Waals surface area contributed by atoms with E-state index in [4.69, 9.17) is 4.74 Å². The summed E-state index contributed by atoms with van der Waals surface area (Å²) in [4.78, 5) is 42.4. The third-order valence-corrected chi connectivity index (χ3v) is 3.78. The molecular formula is C17H13N5O4. The van der Waals surface area contributed by atoms with Gasteiger partial charge in [-0.15, -0.1) is 0 Å². The number of hydrogen-bond acceptors (Lipinski definition) is 6. The number of nitrogens with zero attached hydrogens (tertiary/aromatic N) is 1. The molecule has 9 nitrogen and oxygen atoms in total. The highest BCUT2D eigenvalue weighted by Crippen LogP contribution is 2.28. The fourth-order valence-corrected chi connectivity index (χ4v) is 2.56. The second-order valence-corrected chi connectivity index (χ2v) is 5.56. The summed E-state index contributed by atoms with van der Waals surface area (Å²) in [5, 5.41) is 3.09. The Morgan fingerprint density at radius 2 is 2.00 bits per heavy atom. The van der Waals surface area contributed by atoms with Crippen LogP contribution in [0.4, 0.5) is 11.6 Å². The van der Waals surface area contributed by atoms with Crippen LogP contribution >= 0.6 is 0 Å². The van der Waals surface area contributed by atoms with E-state index in [1.807, 2.05) is 0 Å². The zero-order valence-corrected chi connectivity index (χ0v) is 13.3. The van der Waals surface area contributed by atoms with Crippen molar-refractivity contribution in [2.45, 2.75) is 0 Å². The van der Waals surface area contributed by atoms with Crippen molar-refractivity contribution < 1.29 is 14.3 Å². The zero-order valence-electron chi connectivity index (χ0n) is 13.3. The Balaban J connectivity index is 1.51. The molecular weight excluding hydrogens is 338 g/mol. The van der Waals surface area contributed by atoms with E-state index in [1.165, 1.54) is 6.07 Å². The minimum absolute atomic E-state index is 0.0545. The van der Waals surface area contributed by atoms with Gasteiger partial charge in [-0.1, -0.05) is 12.1 Å². The minimum Gasteiger partial charge on any atom is -0.482 e. The van der Waals surface area contributed by atoms with Gasteiger partial charge in [-0.05, 0) is 30.3 Å². The predicted octanol–water partition coefficient (Wildman–Crippen LogP) is 1.01. The highest BCUT2D eigenvalue weighted by Gasteiger charge is 2.18. The standard InChI is InChI=1S/C17H13N5O4/c23-14-8-26-13-6-5-9(7-12(13)18-14)15(24)21-22-17-19-11-4-2-1-3-10(11)16(25)20-17/h1-7H,8H2,(H,18,23)(H,21,24)(H2,19,20,22,25). The normalized spacial score (nSPS) is 12.7. The summed E-state index contributed by atoms with van der Waals surface area (Å²) >= 11 is 0. The summed E-state index contributed by atoms with van der Waals surface area (Å²) in [6.45, 7) is -0.0545. The first-order valence-corrected chi connectivity index (χ1v) is 7.72. The molecule has 4 N–H and O–H groups in total. The molecule has 1 aromatic heterocycles. The van der Waals surface area contributed by atoms with E-state index in [2.05, 4.69) is 26.1 Å². The number of carbonyl (C=O) groups is 2. The van der Waals surface area contributed by atoms with Crippen LogP contribution in [-0.2, 0) is 4.79 Å². The van der Waals surface area contributed by atoms with Crippen LogP contribution in [0.3, 0.4) is 0 Å². The average Bonchev–Trinajstić information content (AvgIpc) is 2.65. The maximum absolute atomic E-state index is 12.3. The van der Waals surface area contributed by atoms with Crippen LogP contribution in [0.2, 0.25) is 0 Å². The molecule has 2 amide bonds. The van der Waals surface area contributed by atoms with Gasteiger partial charge in [0, 0.05) is 5.56 Å². The number of hydrogen-bond donors (Lipinski definition) is 4. The lowest BCUT2D eigenvalue weighted by atomic mass is 10.1. The molecule has 2 aromatic carbocycles. The zero-order chi connectivity index (χ0) is 18.1. The lowest BCUT2D eigenvalue weighted by Gasteiger charge is -2.18. The molecule has 0 saturated heterocycles. The Hall–Kier alpha value is -3.88. The van der Waals surface area contributed by atoms with E-state index in [9.17, 15) is 14.4 Å². The van der Waals surface area contributed by atoms with Crippen LogP contribution < -0.4 is 26.5 Å². The SMILES string of the molecule is O=C1COc2ccc(C(=O)NNc3nc4ccccc4c(=O)[nH]3)cc2N1. The van der Waals surface area contributed by atoms with Gasteiger partial charge < -0.3 is 10.1 Å². The molecule has 2 heterocycles. The number of anilines is 2. The van der Waals surface area contributed by atoms with Crippen LogP contribution in [0.15, 0.2) is 47.3 Å². The van der Waals surface area contributed by atoms with Crippen molar-refractivity contribution in [2.75, 3.05) is 17.3 Å². The molecule has 4 rings (SSSR count). The van der Waals surface area contributed by atoms with Crippen molar-refractivity contribution in [1.82, 2.24) is 15.4 Å². The lowest BCUT2D eigenvalue weighted by Crippen LogP contribution is -2.32. The summed E-state index contributed by atoms with van der Waals surface area (Å²) in [6, 6.07) is 11.5. The van der Waals surface area contributed by atoms with Crippen LogP contribution in [-0.4, -0.2) is 28.4 Å². The Morgan fingerprint density at radius 3 is 2.88 bits per heavy atom. The van der Waals surface area contributed by atoms with Crippen molar-refractivity contribution in [3.63, 3.8) is 0 Å². The third-order valence-electron chi connectivity index (χ3n) is 3.78. The fourth-order valence-electron chi connectivity index (χ4n) is 2.56. The number of hydrazine groups is 1. The third kappa shape index (κ3) is 2.93. The Morgan fingerprint density at radius 1 is 1.15 bits per heavy atom. The number of rotatable bonds is 3. The van der Waals surface area contributed by atoms with Gasteiger partial charge in [0.1, 0.15) is 5.75 Å². The quantitative estimate of drug-likeness (QED) is 0.522. The van der Waals surface area contributed by atoms with E-state index < -0.39 is 5.91 Å². The van der Waals surface area contributed by atoms with Crippen LogP contribution in [0.25, 0.3) is 10.9 Å². The number of aromatic nitrogens is 2. The van der Waals surface area contributed by atoms with Gasteiger partial charge in [0.15, 0.2) is 6.61 Å². The van der Waals surface area contributed by atoms with Crippen LogP contribution in [0, 0.1) is 0 Å². The van der Waals surface area contributed by atoms with E-state index >= 15 is 0 Å². The number of H-pyrrole nitrogens is 1. The van der Waals surface area contributed by atoms with Gasteiger partial charge in [-0.25, -0.2) is 4.98 Å². The van der Waals surface area contributed by atoms with Crippen molar-refractivity contribution in [1.29, 1.82) is 0 Å². The molecule has 0 radical (unpaired) electrons. The molecule has 1 aliphatic rings. The van der Waals surface area contributed by atoms with Gasteiger partial charge in [0.25, 0.3) is 17.4 Å². The molecule has 0 bridgehead atoms. The van der Waals surface area contributed by atoms with E-state index in [-0.39, 0.29) is 24.0 Å². The predicted molar refractivity (Wildman–Crippen MR) is 94.0 cm³/mol. The van der Waals surface area contributed by atoms with Crippen molar-refractivity contribution in [3.05, 3.63) is 58.4 Å². The Labute approximate surface area is 146 Å². The molecule has 9 heteroatoms. The molecule has 0 aliphatic carbocycles. The van der Waals surface area contributed by atoms with E-state index in [1.54, 1.807) is 36.4 Å². The van der Waals surface area contributed by atoms with Gasteiger partial charge in [-0.3, -0.25) is 30.2 Å². The highest BCUT2D eigenvalue weighted by molar-refractivity contribution is 6.00. The van der Waals surface area contributed by atoms with Crippen molar-refractivity contribution in [2.24, 2.45) is 0 Å². The number of carbonyl (C=O) groups excluding carboxylic acids is 2. The summed E-state index contributed by atoms with van der Waals surface area (Å²) in [7, 11) is 0. The summed E-state index contributed by atoms with van der Waals surface area (Å²) in [6.07, 6.45) is 0. The van der Waals surface area contributed by atoms with E-state index in [0.29, 0.717) is 27.9 Å². The number of amides is 2. The smallest absolute Gasteiger partial charge is 0.269 e. The first-order valence-electron chi connectivity index (χ1n) is 7.72. The molecule has 26 heavy (non-hydrogen) atoms. The number of fused-ring (bicyclic) bond motifs is 2. The second kappa shape index (κ2) is 6.20. The molecule has 0 atom stereocenters. The minimum atomic E-state index is -0.469. The van der Waals surface area contributed by atoms with Crippen molar-refractivity contribution in [3.8, 4) is 5.75 Å². The monoisotopic (exact) mass is 351 g/mol. The molecule has 0 spiro atoms. The van der Waals surface area contributed by atoms with Gasteiger partial charge in [0.2, 0.25) is 5.95 Å². The lowest BCUT2D eigenvalue weighted by molar-refractivity contribution is -0.118. The number of aromatic amines is 1. The molecule has 0 fully saturated rings. The Bertz CT molecular complexity index is 1090. The highest BCUT2D eigenvalue weighted by atomic mass is 16.5. The fraction of sp³-hybridized carbons (Fsp3) is 0.0588. The first kappa shape index (κ1) is 15.6. The largest absolute Gasteiger partial charge is 0.482 e. The van der Waals surface area contributed by atoms with Crippen molar-refractivity contribution >= 4 is 34.4 Å².